The van der Waals surface area contributed by atoms with Crippen LogP contribution in [0, 0.1) is 6.92 Å². The van der Waals surface area contributed by atoms with Gasteiger partial charge < -0.3 is 5.84 Å². The molecular formula is C8H9N3. The third-order valence-electron chi connectivity index (χ3n) is 1.75. The Labute approximate surface area is 64.4 Å². The number of rotatable bonds is 0. The second kappa shape index (κ2) is 1.99. The molecule has 0 aliphatic carbocycles. The van der Waals surface area contributed by atoms with Gasteiger partial charge in [-0.25, -0.2) is 0 Å². The van der Waals surface area contributed by atoms with Crippen LogP contribution >= 0.6 is 0 Å². The van der Waals surface area contributed by atoms with Gasteiger partial charge >= 0.3 is 0 Å². The van der Waals surface area contributed by atoms with E-state index in [1.165, 1.54) is 10.4 Å². The summed E-state index contributed by atoms with van der Waals surface area (Å²) in [5.74, 6) is 5.53. The molecule has 56 valence electrons. The molecule has 11 heavy (non-hydrogen) atoms. The molecule has 0 radical (unpaired) electrons. The number of benzene rings is 1. The number of aromatic nitrogens is 2. The minimum absolute atomic E-state index is 0.968. The zero-order valence-corrected chi connectivity index (χ0v) is 6.28. The van der Waals surface area contributed by atoms with Gasteiger partial charge in [-0.2, -0.15) is 9.89 Å². The predicted octanol–water partition coefficient (Wildman–Crippen LogP) is 1.06. The molecule has 0 aliphatic heterocycles. The van der Waals surface area contributed by atoms with Crippen molar-refractivity contribution in [2.45, 2.75) is 6.92 Å². The predicted molar refractivity (Wildman–Crippen MR) is 44.6 cm³/mol. The van der Waals surface area contributed by atoms with Crippen LogP contribution in [0.1, 0.15) is 5.56 Å². The van der Waals surface area contributed by atoms with Crippen LogP contribution in [0.4, 0.5) is 0 Å². The molecule has 1 heterocycles. The Hall–Kier alpha value is -1.51. The molecule has 0 amide bonds. The number of fused-ring (bicyclic) bond motifs is 1. The van der Waals surface area contributed by atoms with Gasteiger partial charge in [0.2, 0.25) is 0 Å². The van der Waals surface area contributed by atoms with E-state index in [4.69, 9.17) is 5.84 Å². The van der Waals surface area contributed by atoms with Crippen LogP contribution in [0.25, 0.3) is 10.9 Å². The molecule has 0 spiro atoms. The van der Waals surface area contributed by atoms with Crippen molar-refractivity contribution in [2.24, 2.45) is 0 Å². The lowest BCUT2D eigenvalue weighted by Gasteiger charge is -1.93. The molecule has 0 aliphatic rings. The number of nitrogens with two attached hydrogens (primary N) is 1. The van der Waals surface area contributed by atoms with Crippen LogP contribution in [-0.4, -0.2) is 9.89 Å². The summed E-state index contributed by atoms with van der Waals surface area (Å²) in [5, 5.41) is 5.02. The van der Waals surface area contributed by atoms with E-state index in [1.54, 1.807) is 6.20 Å². The van der Waals surface area contributed by atoms with Crippen molar-refractivity contribution in [1.29, 1.82) is 0 Å². The van der Waals surface area contributed by atoms with Gasteiger partial charge in [-0.1, -0.05) is 11.6 Å². The highest BCUT2D eigenvalue weighted by Gasteiger charge is 1.97. The van der Waals surface area contributed by atoms with Crippen molar-refractivity contribution in [3.63, 3.8) is 0 Å². The third kappa shape index (κ3) is 0.852. The van der Waals surface area contributed by atoms with Crippen molar-refractivity contribution < 1.29 is 0 Å². The lowest BCUT2D eigenvalue weighted by atomic mass is 10.2. The number of nitrogens with zero attached hydrogens (tertiary/aromatic N) is 2. The highest BCUT2D eigenvalue weighted by molar-refractivity contribution is 5.79. The molecule has 2 aromatic rings. The molecule has 2 rings (SSSR count). The van der Waals surface area contributed by atoms with E-state index in [9.17, 15) is 0 Å². The van der Waals surface area contributed by atoms with Crippen molar-refractivity contribution >= 4 is 10.9 Å². The summed E-state index contributed by atoms with van der Waals surface area (Å²) < 4.78 is 0. The van der Waals surface area contributed by atoms with Gasteiger partial charge in [0.25, 0.3) is 0 Å². The van der Waals surface area contributed by atoms with Gasteiger partial charge in [0.1, 0.15) is 0 Å². The smallest absolute Gasteiger partial charge is 0.0916 e. The van der Waals surface area contributed by atoms with Crippen molar-refractivity contribution in [3.05, 3.63) is 30.0 Å². The molecule has 0 saturated carbocycles. The monoisotopic (exact) mass is 147 g/mol. The number of hydrogen-bond acceptors (Lipinski definition) is 2. The first-order valence-electron chi connectivity index (χ1n) is 3.47. The van der Waals surface area contributed by atoms with Gasteiger partial charge in [-0.3, -0.25) is 0 Å². The van der Waals surface area contributed by atoms with E-state index in [1.807, 2.05) is 19.1 Å². The lowest BCUT2D eigenvalue weighted by molar-refractivity contribution is 0.862. The van der Waals surface area contributed by atoms with Gasteiger partial charge in [-0.05, 0) is 19.1 Å². The first-order chi connectivity index (χ1) is 5.27. The average molecular weight is 147 g/mol. The van der Waals surface area contributed by atoms with E-state index in [2.05, 4.69) is 11.2 Å². The molecule has 1 aromatic heterocycles. The van der Waals surface area contributed by atoms with Crippen molar-refractivity contribution in [3.8, 4) is 0 Å². The Bertz CT molecular complexity index is 389. The molecule has 3 heteroatoms. The van der Waals surface area contributed by atoms with Crippen molar-refractivity contribution in [2.75, 3.05) is 5.84 Å². The largest absolute Gasteiger partial charge is 0.323 e. The van der Waals surface area contributed by atoms with Gasteiger partial charge in [-0.15, -0.1) is 0 Å². The minimum Gasteiger partial charge on any atom is -0.323 e. The van der Waals surface area contributed by atoms with E-state index >= 15 is 0 Å². The summed E-state index contributed by atoms with van der Waals surface area (Å²) >= 11 is 0. The summed E-state index contributed by atoms with van der Waals surface area (Å²) in [5.41, 5.74) is 2.20. The highest BCUT2D eigenvalue weighted by atomic mass is 15.5. The Morgan fingerprint density at radius 2 is 2.27 bits per heavy atom. The fourth-order valence-electron chi connectivity index (χ4n) is 1.17. The summed E-state index contributed by atoms with van der Waals surface area (Å²) in [6.45, 7) is 2.05. The fourth-order valence-corrected chi connectivity index (χ4v) is 1.17. The van der Waals surface area contributed by atoms with Gasteiger partial charge in [0.05, 0.1) is 11.7 Å². The van der Waals surface area contributed by atoms with Crippen LogP contribution < -0.4 is 5.84 Å². The first-order valence-corrected chi connectivity index (χ1v) is 3.47. The molecule has 2 N–H and O–H groups in total. The zero-order chi connectivity index (χ0) is 7.84. The van der Waals surface area contributed by atoms with Crippen LogP contribution in [-0.2, 0) is 0 Å². The molecule has 0 bridgehead atoms. The van der Waals surface area contributed by atoms with E-state index < -0.39 is 0 Å². The second-order valence-corrected chi connectivity index (χ2v) is 2.65. The average Bonchev–Trinajstić information content (AvgIpc) is 2.32. The summed E-state index contributed by atoms with van der Waals surface area (Å²) in [7, 11) is 0. The van der Waals surface area contributed by atoms with Crippen molar-refractivity contribution in [1.82, 2.24) is 9.89 Å². The molecule has 0 saturated heterocycles. The lowest BCUT2D eigenvalue weighted by Crippen LogP contribution is -2.08. The van der Waals surface area contributed by atoms with Gasteiger partial charge in [0, 0.05) is 5.39 Å². The van der Waals surface area contributed by atoms with Crippen LogP contribution in [0.2, 0.25) is 0 Å². The summed E-state index contributed by atoms with van der Waals surface area (Å²) in [6, 6.07) is 6.05. The topological polar surface area (TPSA) is 43.8 Å². The van der Waals surface area contributed by atoms with Crippen LogP contribution in [0.5, 0.6) is 0 Å². The molecule has 3 nitrogen and oxygen atoms in total. The maximum Gasteiger partial charge on any atom is 0.0916 e. The summed E-state index contributed by atoms with van der Waals surface area (Å²) in [6.07, 6.45) is 1.77. The quantitative estimate of drug-likeness (QED) is 0.566. The van der Waals surface area contributed by atoms with E-state index in [0.717, 1.165) is 10.9 Å². The molecule has 0 fully saturated rings. The Morgan fingerprint density at radius 1 is 1.45 bits per heavy atom. The number of nitrogen functional groups attached to an aromatic ring is 1. The van der Waals surface area contributed by atoms with Crippen LogP contribution in [0.3, 0.4) is 0 Å². The Balaban J connectivity index is 2.86. The minimum atomic E-state index is 0.968. The summed E-state index contributed by atoms with van der Waals surface area (Å²) in [4.78, 5) is 1.38. The highest BCUT2D eigenvalue weighted by Crippen LogP contribution is 2.12. The van der Waals surface area contributed by atoms with E-state index in [0.29, 0.717) is 0 Å². The number of aryl methyl sites for hydroxylation is 1. The zero-order valence-electron chi connectivity index (χ0n) is 6.28. The first kappa shape index (κ1) is 6.22. The SMILES string of the molecule is Cc1ccc2c(cnn2N)c1. The normalized spacial score (nSPS) is 10.6. The van der Waals surface area contributed by atoms with Gasteiger partial charge in [0.15, 0.2) is 0 Å². The van der Waals surface area contributed by atoms with Crippen LogP contribution in [0.15, 0.2) is 24.4 Å². The fraction of sp³-hybridized carbons (Fsp3) is 0.125. The Kier molecular flexibility index (Phi) is 1.12. The molecule has 0 atom stereocenters. The van der Waals surface area contributed by atoms with E-state index in [-0.39, 0.29) is 0 Å². The Morgan fingerprint density at radius 3 is 3.09 bits per heavy atom. The molecule has 1 aromatic carbocycles. The molecular weight excluding hydrogens is 138 g/mol. The standard InChI is InChI=1S/C8H9N3/c1-6-2-3-8-7(4-6)5-10-11(8)9/h2-5H,9H2,1H3. The molecule has 0 unspecified atom stereocenters. The second-order valence-electron chi connectivity index (χ2n) is 2.65. The maximum absolute atomic E-state index is 5.53. The maximum atomic E-state index is 5.53. The third-order valence-corrected chi connectivity index (χ3v) is 1.75. The number of hydrogen-bond donors (Lipinski definition) is 1.